The van der Waals surface area contributed by atoms with Gasteiger partial charge in [0.1, 0.15) is 5.82 Å². The van der Waals surface area contributed by atoms with Gasteiger partial charge in [0.25, 0.3) is 0 Å². The van der Waals surface area contributed by atoms with Crippen LogP contribution in [0.25, 0.3) is 11.3 Å². The number of thiazole rings is 1. The normalized spacial score (nSPS) is 18.9. The molecule has 1 aromatic heterocycles. The van der Waals surface area contributed by atoms with Crippen molar-refractivity contribution in [2.75, 3.05) is 25.1 Å². The average molecular weight is 292 g/mol. The average Bonchev–Trinajstić information content (AvgIpc) is 2.96. The van der Waals surface area contributed by atoms with E-state index in [0.29, 0.717) is 5.92 Å². The zero-order valence-corrected chi connectivity index (χ0v) is 12.0. The fourth-order valence-corrected chi connectivity index (χ4v) is 3.04. The first kappa shape index (κ1) is 13.5. The molecule has 1 fully saturated rings. The largest absolute Gasteiger partial charge is 0.381 e. The maximum Gasteiger partial charge on any atom is 0.183 e. The van der Waals surface area contributed by atoms with Crippen molar-refractivity contribution in [1.82, 2.24) is 4.98 Å². The van der Waals surface area contributed by atoms with Gasteiger partial charge >= 0.3 is 0 Å². The summed E-state index contributed by atoms with van der Waals surface area (Å²) in [7, 11) is 0. The van der Waals surface area contributed by atoms with Crippen molar-refractivity contribution in [3.63, 3.8) is 0 Å². The first-order valence-corrected chi connectivity index (χ1v) is 7.72. The predicted octanol–water partition coefficient (Wildman–Crippen LogP) is 3.79. The van der Waals surface area contributed by atoms with E-state index in [1.54, 1.807) is 23.5 Å². The smallest absolute Gasteiger partial charge is 0.183 e. The van der Waals surface area contributed by atoms with Gasteiger partial charge in [-0.05, 0) is 43.0 Å². The standard InChI is InChI=1S/C15H17FN2OS/c16-13-5-3-12(4-6-13)14-10-20-15(18-14)17-8-11-2-1-7-19-9-11/h3-6,10-11H,1-2,7-9H2,(H,17,18). The van der Waals surface area contributed by atoms with Crippen LogP contribution in [-0.2, 0) is 4.74 Å². The molecule has 1 aliphatic rings. The molecule has 1 aliphatic heterocycles. The Morgan fingerprint density at radius 1 is 1.35 bits per heavy atom. The molecule has 20 heavy (non-hydrogen) atoms. The lowest BCUT2D eigenvalue weighted by Gasteiger charge is -2.21. The lowest BCUT2D eigenvalue weighted by Crippen LogP contribution is -2.24. The van der Waals surface area contributed by atoms with Crippen LogP contribution in [0.4, 0.5) is 9.52 Å². The molecule has 1 unspecified atom stereocenters. The zero-order chi connectivity index (χ0) is 13.8. The predicted molar refractivity (Wildman–Crippen MR) is 79.5 cm³/mol. The SMILES string of the molecule is Fc1ccc(-c2csc(NCC3CCCOC3)n2)cc1. The Balaban J connectivity index is 1.60. The minimum Gasteiger partial charge on any atom is -0.381 e. The van der Waals surface area contributed by atoms with Crippen LogP contribution in [0.2, 0.25) is 0 Å². The number of rotatable bonds is 4. The van der Waals surface area contributed by atoms with E-state index in [1.165, 1.54) is 18.6 Å². The first-order chi connectivity index (χ1) is 9.81. The summed E-state index contributed by atoms with van der Waals surface area (Å²) in [5.74, 6) is 0.349. The molecular weight excluding hydrogens is 275 g/mol. The molecule has 0 spiro atoms. The topological polar surface area (TPSA) is 34.1 Å². The number of anilines is 1. The van der Waals surface area contributed by atoms with E-state index in [0.717, 1.165) is 42.6 Å². The fourth-order valence-electron chi connectivity index (χ4n) is 2.31. The molecular formula is C15H17FN2OS. The molecule has 3 nitrogen and oxygen atoms in total. The number of hydrogen-bond acceptors (Lipinski definition) is 4. The molecule has 0 amide bonds. The molecule has 3 rings (SSSR count). The van der Waals surface area contributed by atoms with Crippen molar-refractivity contribution >= 4 is 16.5 Å². The van der Waals surface area contributed by atoms with E-state index in [1.807, 2.05) is 5.38 Å². The van der Waals surface area contributed by atoms with Gasteiger partial charge in [-0.3, -0.25) is 0 Å². The van der Waals surface area contributed by atoms with Gasteiger partial charge in [-0.25, -0.2) is 9.37 Å². The third-order valence-corrected chi connectivity index (χ3v) is 4.24. The third kappa shape index (κ3) is 3.35. The Morgan fingerprint density at radius 3 is 2.95 bits per heavy atom. The summed E-state index contributed by atoms with van der Waals surface area (Å²) < 4.78 is 18.4. The van der Waals surface area contributed by atoms with Gasteiger partial charge in [-0.15, -0.1) is 11.3 Å². The quantitative estimate of drug-likeness (QED) is 0.931. The highest BCUT2D eigenvalue weighted by Crippen LogP contribution is 2.25. The van der Waals surface area contributed by atoms with Gasteiger partial charge in [-0.1, -0.05) is 0 Å². The van der Waals surface area contributed by atoms with Crippen LogP contribution in [0.5, 0.6) is 0 Å². The minimum atomic E-state index is -0.223. The van der Waals surface area contributed by atoms with Crippen molar-refractivity contribution in [1.29, 1.82) is 0 Å². The molecule has 2 heterocycles. The number of nitrogens with one attached hydrogen (secondary N) is 1. The molecule has 0 radical (unpaired) electrons. The number of ether oxygens (including phenoxy) is 1. The summed E-state index contributed by atoms with van der Waals surface area (Å²) in [6.07, 6.45) is 2.36. The van der Waals surface area contributed by atoms with Crippen LogP contribution in [0, 0.1) is 11.7 Å². The molecule has 1 atom stereocenters. The second-order valence-electron chi connectivity index (χ2n) is 5.01. The molecule has 2 aromatic rings. The Morgan fingerprint density at radius 2 is 2.20 bits per heavy atom. The molecule has 0 aliphatic carbocycles. The second-order valence-corrected chi connectivity index (χ2v) is 5.87. The van der Waals surface area contributed by atoms with Gasteiger partial charge in [-0.2, -0.15) is 0 Å². The molecule has 106 valence electrons. The van der Waals surface area contributed by atoms with Gasteiger partial charge in [0, 0.05) is 24.1 Å². The molecule has 1 aromatic carbocycles. The van der Waals surface area contributed by atoms with Crippen LogP contribution < -0.4 is 5.32 Å². The van der Waals surface area contributed by atoms with Crippen LogP contribution in [0.15, 0.2) is 29.6 Å². The monoisotopic (exact) mass is 292 g/mol. The summed E-state index contributed by atoms with van der Waals surface area (Å²) in [6.45, 7) is 2.63. The van der Waals surface area contributed by atoms with E-state index < -0.39 is 0 Å². The number of aromatic nitrogens is 1. The third-order valence-electron chi connectivity index (χ3n) is 3.44. The summed E-state index contributed by atoms with van der Waals surface area (Å²) >= 11 is 1.58. The first-order valence-electron chi connectivity index (χ1n) is 6.84. The maximum atomic E-state index is 12.9. The van der Waals surface area contributed by atoms with Gasteiger partial charge in [0.05, 0.1) is 12.3 Å². The number of nitrogens with zero attached hydrogens (tertiary/aromatic N) is 1. The zero-order valence-electron chi connectivity index (χ0n) is 11.1. The Kier molecular flexibility index (Phi) is 4.28. The molecule has 0 saturated carbocycles. The molecule has 1 N–H and O–H groups in total. The minimum absolute atomic E-state index is 0.223. The molecule has 0 bridgehead atoms. The van der Waals surface area contributed by atoms with E-state index in [-0.39, 0.29) is 5.82 Å². The summed E-state index contributed by atoms with van der Waals surface area (Å²) in [5, 5.41) is 6.27. The molecule has 1 saturated heterocycles. The van der Waals surface area contributed by atoms with Gasteiger partial charge in [0.15, 0.2) is 5.13 Å². The lowest BCUT2D eigenvalue weighted by atomic mass is 10.0. The summed E-state index contributed by atoms with van der Waals surface area (Å²) in [6, 6.07) is 6.43. The van der Waals surface area contributed by atoms with Crippen LogP contribution in [0.3, 0.4) is 0 Å². The highest BCUT2D eigenvalue weighted by Gasteiger charge is 2.14. The summed E-state index contributed by atoms with van der Waals surface area (Å²) in [5.41, 5.74) is 1.83. The van der Waals surface area contributed by atoms with Crippen molar-refractivity contribution < 1.29 is 9.13 Å². The van der Waals surface area contributed by atoms with Gasteiger partial charge < -0.3 is 10.1 Å². The Hall–Kier alpha value is -1.46. The van der Waals surface area contributed by atoms with Crippen LogP contribution in [0.1, 0.15) is 12.8 Å². The molecule has 5 heteroatoms. The van der Waals surface area contributed by atoms with Crippen molar-refractivity contribution in [2.24, 2.45) is 5.92 Å². The Bertz CT molecular complexity index is 549. The fraction of sp³-hybridized carbons (Fsp3) is 0.400. The van der Waals surface area contributed by atoms with Crippen LogP contribution in [-0.4, -0.2) is 24.7 Å². The van der Waals surface area contributed by atoms with E-state index in [4.69, 9.17) is 4.74 Å². The number of halogens is 1. The number of benzene rings is 1. The number of hydrogen-bond donors (Lipinski definition) is 1. The van der Waals surface area contributed by atoms with E-state index >= 15 is 0 Å². The van der Waals surface area contributed by atoms with Crippen molar-refractivity contribution in [3.05, 3.63) is 35.5 Å². The van der Waals surface area contributed by atoms with Crippen molar-refractivity contribution in [2.45, 2.75) is 12.8 Å². The second kappa shape index (κ2) is 6.33. The highest BCUT2D eigenvalue weighted by molar-refractivity contribution is 7.14. The van der Waals surface area contributed by atoms with Gasteiger partial charge in [0.2, 0.25) is 0 Å². The van der Waals surface area contributed by atoms with Crippen molar-refractivity contribution in [3.8, 4) is 11.3 Å². The lowest BCUT2D eigenvalue weighted by molar-refractivity contribution is 0.0595. The van der Waals surface area contributed by atoms with E-state index in [2.05, 4.69) is 10.3 Å². The van der Waals surface area contributed by atoms with Crippen LogP contribution >= 0.6 is 11.3 Å². The maximum absolute atomic E-state index is 12.9. The van der Waals surface area contributed by atoms with E-state index in [9.17, 15) is 4.39 Å². The summed E-state index contributed by atoms with van der Waals surface area (Å²) in [4.78, 5) is 4.54. The highest BCUT2D eigenvalue weighted by atomic mass is 32.1. The Labute approximate surface area is 121 Å².